The van der Waals surface area contributed by atoms with Crippen molar-refractivity contribution in [2.75, 3.05) is 0 Å². The molecule has 0 bridgehead atoms. The fourth-order valence-corrected chi connectivity index (χ4v) is 2.03. The van der Waals surface area contributed by atoms with Crippen LogP contribution >= 0.6 is 0 Å². The molecule has 0 aromatic heterocycles. The van der Waals surface area contributed by atoms with Gasteiger partial charge in [-0.25, -0.2) is 0 Å². The van der Waals surface area contributed by atoms with E-state index >= 15 is 0 Å². The molecule has 2 rings (SSSR count). The smallest absolute Gasteiger partial charge is 0.227 e. The van der Waals surface area contributed by atoms with E-state index < -0.39 is 28.8 Å². The molecule has 0 atom stereocenters. The number of carbonyl (C=O) groups is 1. The summed E-state index contributed by atoms with van der Waals surface area (Å²) < 4.78 is 0. The number of ketones is 1. The number of aryl methyl sites for hydroxylation is 1. The minimum absolute atomic E-state index is 0.126. The van der Waals surface area contributed by atoms with E-state index in [1.807, 2.05) is 0 Å². The third-order valence-corrected chi connectivity index (χ3v) is 3.20. The van der Waals surface area contributed by atoms with Crippen LogP contribution in [-0.2, 0) is 0 Å². The van der Waals surface area contributed by atoms with Gasteiger partial charge in [-0.05, 0) is 36.8 Å². The van der Waals surface area contributed by atoms with Crippen LogP contribution < -0.4 is 0 Å². The lowest BCUT2D eigenvalue weighted by atomic mass is 10.0. The van der Waals surface area contributed by atoms with Gasteiger partial charge in [0, 0.05) is 17.2 Å². The summed E-state index contributed by atoms with van der Waals surface area (Å²) >= 11 is 0. The number of aliphatic hydroxyl groups excluding tert-OH is 1. The Kier molecular flexibility index (Phi) is 4.04. The molecule has 0 saturated heterocycles. The molecule has 0 spiro atoms. The Morgan fingerprint density at radius 2 is 1.48 bits per heavy atom. The van der Waals surface area contributed by atoms with Crippen molar-refractivity contribution in [1.82, 2.24) is 0 Å². The van der Waals surface area contributed by atoms with Gasteiger partial charge in [0.25, 0.3) is 0 Å². The molecule has 7 nitrogen and oxygen atoms in total. The van der Waals surface area contributed by atoms with Crippen LogP contribution in [0.5, 0.6) is 28.7 Å². The zero-order valence-electron chi connectivity index (χ0n) is 12.0. The first-order valence-corrected chi connectivity index (χ1v) is 6.43. The zero-order valence-corrected chi connectivity index (χ0v) is 12.0. The molecule has 7 heteroatoms. The molecule has 0 heterocycles. The Morgan fingerprint density at radius 1 is 0.913 bits per heavy atom. The first-order chi connectivity index (χ1) is 10.7. The first-order valence-electron chi connectivity index (χ1n) is 6.43. The van der Waals surface area contributed by atoms with Crippen LogP contribution in [0.1, 0.15) is 21.5 Å². The van der Waals surface area contributed by atoms with Crippen LogP contribution in [0.3, 0.4) is 0 Å². The minimum Gasteiger partial charge on any atom is -0.508 e. The van der Waals surface area contributed by atoms with E-state index in [2.05, 4.69) is 0 Å². The van der Waals surface area contributed by atoms with Gasteiger partial charge in [0.15, 0.2) is 23.0 Å². The summed E-state index contributed by atoms with van der Waals surface area (Å²) in [6.07, 6.45) is 0.993. The SMILES string of the molecule is Cc1cc(O)cc(O)c1/C=C(/O)C(=O)c1cc(O)c(O)c(O)c1. The predicted octanol–water partition coefficient (Wildman–Crippen LogP) is 2.30. The van der Waals surface area contributed by atoms with Gasteiger partial charge in [-0.2, -0.15) is 0 Å². The number of hydrogen-bond donors (Lipinski definition) is 6. The molecule has 23 heavy (non-hydrogen) atoms. The summed E-state index contributed by atoms with van der Waals surface area (Å²) in [4.78, 5) is 12.1. The Balaban J connectivity index is 2.44. The van der Waals surface area contributed by atoms with Crippen molar-refractivity contribution in [3.05, 3.63) is 46.7 Å². The van der Waals surface area contributed by atoms with Gasteiger partial charge in [-0.3, -0.25) is 4.79 Å². The second-order valence-electron chi connectivity index (χ2n) is 4.92. The van der Waals surface area contributed by atoms with E-state index in [0.29, 0.717) is 5.56 Å². The Morgan fingerprint density at radius 3 is 2.00 bits per heavy atom. The highest BCUT2D eigenvalue weighted by atomic mass is 16.3. The third kappa shape index (κ3) is 3.13. The van der Waals surface area contributed by atoms with E-state index in [-0.39, 0.29) is 22.6 Å². The van der Waals surface area contributed by atoms with E-state index in [0.717, 1.165) is 24.3 Å². The molecule has 0 unspecified atom stereocenters. The fraction of sp³-hybridized carbons (Fsp3) is 0.0625. The van der Waals surface area contributed by atoms with Gasteiger partial charge < -0.3 is 30.6 Å². The lowest BCUT2D eigenvalue weighted by molar-refractivity contribution is 0.0979. The van der Waals surface area contributed by atoms with Crippen LogP contribution in [0.4, 0.5) is 0 Å². The molecule has 2 aromatic rings. The Hall–Kier alpha value is -3.35. The van der Waals surface area contributed by atoms with E-state index in [9.17, 15) is 35.4 Å². The molecule has 2 aromatic carbocycles. The van der Waals surface area contributed by atoms with Crippen molar-refractivity contribution >= 4 is 11.9 Å². The van der Waals surface area contributed by atoms with Crippen molar-refractivity contribution in [2.24, 2.45) is 0 Å². The Labute approximate surface area is 130 Å². The molecular weight excluding hydrogens is 304 g/mol. The normalized spacial score (nSPS) is 11.4. The highest BCUT2D eigenvalue weighted by molar-refractivity contribution is 6.10. The van der Waals surface area contributed by atoms with Crippen molar-refractivity contribution < 1.29 is 35.4 Å². The van der Waals surface area contributed by atoms with Crippen LogP contribution in [0.2, 0.25) is 0 Å². The van der Waals surface area contributed by atoms with Gasteiger partial charge in [-0.1, -0.05) is 0 Å². The highest BCUT2D eigenvalue weighted by Gasteiger charge is 2.17. The predicted molar refractivity (Wildman–Crippen MR) is 80.9 cm³/mol. The van der Waals surface area contributed by atoms with Crippen molar-refractivity contribution in [1.29, 1.82) is 0 Å². The molecule has 0 aliphatic heterocycles. The average molecular weight is 318 g/mol. The molecule has 6 N–H and O–H groups in total. The maximum atomic E-state index is 12.1. The van der Waals surface area contributed by atoms with Gasteiger partial charge in [0.2, 0.25) is 5.78 Å². The van der Waals surface area contributed by atoms with Gasteiger partial charge >= 0.3 is 0 Å². The third-order valence-electron chi connectivity index (χ3n) is 3.20. The summed E-state index contributed by atoms with van der Waals surface area (Å²) in [7, 11) is 0. The molecule has 0 radical (unpaired) electrons. The van der Waals surface area contributed by atoms with Crippen molar-refractivity contribution in [3.63, 3.8) is 0 Å². The molecule has 120 valence electrons. The van der Waals surface area contributed by atoms with E-state index in [1.54, 1.807) is 6.92 Å². The van der Waals surface area contributed by atoms with Crippen molar-refractivity contribution in [3.8, 4) is 28.7 Å². The number of benzene rings is 2. The number of allylic oxidation sites excluding steroid dienone is 1. The molecule has 0 amide bonds. The molecule has 0 fully saturated rings. The number of carbonyl (C=O) groups excluding carboxylic acids is 1. The zero-order chi connectivity index (χ0) is 17.3. The van der Waals surface area contributed by atoms with Gasteiger partial charge in [0.1, 0.15) is 11.5 Å². The average Bonchev–Trinajstić information content (AvgIpc) is 2.46. The van der Waals surface area contributed by atoms with Crippen LogP contribution in [0, 0.1) is 6.92 Å². The van der Waals surface area contributed by atoms with E-state index in [4.69, 9.17) is 0 Å². The number of rotatable bonds is 3. The van der Waals surface area contributed by atoms with E-state index in [1.165, 1.54) is 6.07 Å². The maximum Gasteiger partial charge on any atom is 0.227 e. The maximum absolute atomic E-state index is 12.1. The molecular formula is C16H14O7. The largest absolute Gasteiger partial charge is 0.508 e. The van der Waals surface area contributed by atoms with Crippen LogP contribution in [-0.4, -0.2) is 36.4 Å². The molecule has 0 saturated carbocycles. The number of Topliss-reactive ketones (excluding diaryl/α,β-unsaturated/α-hetero) is 1. The highest BCUT2D eigenvalue weighted by Crippen LogP contribution is 2.36. The number of phenols is 5. The summed E-state index contributed by atoms with van der Waals surface area (Å²) in [6.45, 7) is 1.56. The molecule has 0 aliphatic carbocycles. The summed E-state index contributed by atoms with van der Waals surface area (Å²) in [5.41, 5.74) is 0.279. The second-order valence-corrected chi connectivity index (χ2v) is 4.92. The van der Waals surface area contributed by atoms with Gasteiger partial charge in [0.05, 0.1) is 0 Å². The fourth-order valence-electron chi connectivity index (χ4n) is 2.03. The topological polar surface area (TPSA) is 138 Å². The first kappa shape index (κ1) is 16.0. The quantitative estimate of drug-likeness (QED) is 0.221. The number of aromatic hydroxyl groups is 5. The summed E-state index contributed by atoms with van der Waals surface area (Å²) in [6, 6.07) is 4.15. The Bertz CT molecular complexity index is 775. The number of hydrogen-bond acceptors (Lipinski definition) is 7. The lowest BCUT2D eigenvalue weighted by Crippen LogP contribution is -2.03. The van der Waals surface area contributed by atoms with Crippen molar-refractivity contribution in [2.45, 2.75) is 6.92 Å². The monoisotopic (exact) mass is 318 g/mol. The standard InChI is InChI=1S/C16H14O7/c1-7-2-9(17)5-11(18)10(7)6-14(21)15(22)8-3-12(19)16(23)13(20)4-8/h2-6,17-21,23H,1H3/b14-6+. The second kappa shape index (κ2) is 5.80. The number of aliphatic hydroxyl groups is 1. The van der Waals surface area contributed by atoms with Crippen LogP contribution in [0.25, 0.3) is 6.08 Å². The summed E-state index contributed by atoms with van der Waals surface area (Å²) in [5, 5.41) is 57.0. The lowest BCUT2D eigenvalue weighted by Gasteiger charge is -2.07. The van der Waals surface area contributed by atoms with Gasteiger partial charge in [-0.15, -0.1) is 0 Å². The molecule has 0 aliphatic rings. The minimum atomic E-state index is -0.942. The summed E-state index contributed by atoms with van der Waals surface area (Å²) in [5.74, 6) is -4.43. The number of phenolic OH excluding ortho intramolecular Hbond substituents is 5. The van der Waals surface area contributed by atoms with Crippen LogP contribution in [0.15, 0.2) is 30.0 Å².